The highest BCUT2D eigenvalue weighted by Crippen LogP contribution is 2.21. The van der Waals surface area contributed by atoms with Crippen LogP contribution in [-0.2, 0) is 17.8 Å². The molecule has 0 spiro atoms. The van der Waals surface area contributed by atoms with Crippen molar-refractivity contribution in [2.75, 3.05) is 14.1 Å². The van der Waals surface area contributed by atoms with Gasteiger partial charge in [0.15, 0.2) is 0 Å². The number of para-hydroxylation sites is 1. The van der Waals surface area contributed by atoms with E-state index in [1.807, 2.05) is 37.3 Å². The molecule has 36 heavy (non-hydrogen) atoms. The van der Waals surface area contributed by atoms with Crippen LogP contribution in [0.2, 0.25) is 0 Å². The molecule has 186 valence electrons. The van der Waals surface area contributed by atoms with Crippen molar-refractivity contribution in [3.8, 4) is 5.75 Å². The van der Waals surface area contributed by atoms with E-state index in [-0.39, 0.29) is 29.5 Å². The predicted molar refractivity (Wildman–Crippen MR) is 138 cm³/mol. The summed E-state index contributed by atoms with van der Waals surface area (Å²) in [5.74, 6) is 0.174. The number of nitrogens with zero attached hydrogens (tertiary/aromatic N) is 3. The van der Waals surface area contributed by atoms with E-state index in [1.165, 1.54) is 4.90 Å². The van der Waals surface area contributed by atoms with Gasteiger partial charge in [0.1, 0.15) is 17.4 Å². The number of rotatable bonds is 9. The second kappa shape index (κ2) is 11.1. The third-order valence-electron chi connectivity index (χ3n) is 5.60. The molecule has 2 aromatic carbocycles. The maximum Gasteiger partial charge on any atom is 0.322 e. The minimum absolute atomic E-state index is 0.0903. The number of carbonyl (C=O) groups excluding carboxylic acids is 2. The first-order valence-electron chi connectivity index (χ1n) is 11.4. The van der Waals surface area contributed by atoms with Crippen LogP contribution in [-0.4, -0.2) is 52.0 Å². The number of amides is 2. The number of fused-ring (bicyclic) bond motifs is 1. The van der Waals surface area contributed by atoms with Gasteiger partial charge in [0.25, 0.3) is 5.91 Å². The third-order valence-corrected chi connectivity index (χ3v) is 6.37. The van der Waals surface area contributed by atoms with Crippen molar-refractivity contribution in [1.29, 1.82) is 0 Å². The molecule has 0 aliphatic rings. The minimum Gasteiger partial charge on any atom is -0.489 e. The maximum atomic E-state index is 12.9. The summed E-state index contributed by atoms with van der Waals surface area (Å²) in [7, 11) is 3.31. The quantitative estimate of drug-likeness (QED) is 0.361. The van der Waals surface area contributed by atoms with Crippen molar-refractivity contribution in [3.63, 3.8) is 0 Å². The molecule has 0 radical (unpaired) electrons. The van der Waals surface area contributed by atoms with Crippen molar-refractivity contribution in [3.05, 3.63) is 86.1 Å². The van der Waals surface area contributed by atoms with Gasteiger partial charge in [-0.15, -0.1) is 0 Å². The number of ether oxygens (including phenoxy) is 1. The largest absolute Gasteiger partial charge is 0.489 e. The molecule has 1 unspecified atom stereocenters. The summed E-state index contributed by atoms with van der Waals surface area (Å²) >= 11 is 0.963. The van der Waals surface area contributed by atoms with Crippen LogP contribution in [0, 0.1) is 6.92 Å². The maximum absolute atomic E-state index is 12.9. The standard InChI is InChI=1S/C26H27N5O4S/c1-16-12-18(21-6-4-5-7-22(21)27-16)15-35-20-10-8-17(9-11-20)25(33)28-19(14-24(32)31(2)3)13-23-29-30-26(34)36-23/h4-12,19H,13-15H2,1-3H3,(H,28,33)(H,30,34). The van der Waals surface area contributed by atoms with Crippen LogP contribution in [0.3, 0.4) is 0 Å². The van der Waals surface area contributed by atoms with E-state index in [0.29, 0.717) is 22.9 Å². The van der Waals surface area contributed by atoms with E-state index in [1.54, 1.807) is 38.4 Å². The fourth-order valence-corrected chi connectivity index (χ4v) is 4.45. The van der Waals surface area contributed by atoms with Crippen LogP contribution in [0.1, 0.15) is 33.0 Å². The predicted octanol–water partition coefficient (Wildman–Crippen LogP) is 3.09. The van der Waals surface area contributed by atoms with E-state index >= 15 is 0 Å². The number of H-pyrrole nitrogens is 1. The van der Waals surface area contributed by atoms with E-state index in [9.17, 15) is 14.4 Å². The number of hydrogen-bond donors (Lipinski definition) is 2. The van der Waals surface area contributed by atoms with Gasteiger partial charge >= 0.3 is 4.87 Å². The van der Waals surface area contributed by atoms with E-state index in [4.69, 9.17) is 4.74 Å². The first kappa shape index (κ1) is 25.1. The first-order chi connectivity index (χ1) is 17.3. The Morgan fingerprint density at radius 1 is 1.14 bits per heavy atom. The molecule has 2 heterocycles. The molecule has 4 aromatic rings. The fourth-order valence-electron chi connectivity index (χ4n) is 3.77. The smallest absolute Gasteiger partial charge is 0.322 e. The average molecular weight is 506 g/mol. The summed E-state index contributed by atoms with van der Waals surface area (Å²) < 4.78 is 5.98. The number of pyridine rings is 1. The molecule has 2 amide bonds. The van der Waals surface area contributed by atoms with Crippen molar-refractivity contribution in [2.24, 2.45) is 0 Å². The molecule has 0 aliphatic heterocycles. The summed E-state index contributed by atoms with van der Waals surface area (Å²) in [5.41, 5.74) is 3.32. The highest BCUT2D eigenvalue weighted by atomic mass is 32.1. The lowest BCUT2D eigenvalue weighted by Gasteiger charge is -2.19. The van der Waals surface area contributed by atoms with Gasteiger partial charge in [0, 0.05) is 55.2 Å². The molecular weight excluding hydrogens is 478 g/mol. The molecule has 4 rings (SSSR count). The molecule has 2 aromatic heterocycles. The average Bonchev–Trinajstić information content (AvgIpc) is 3.26. The Labute approximate surface area is 212 Å². The summed E-state index contributed by atoms with van der Waals surface area (Å²) in [6.07, 6.45) is 0.363. The summed E-state index contributed by atoms with van der Waals surface area (Å²) in [5, 5.41) is 10.8. The van der Waals surface area contributed by atoms with Crippen molar-refractivity contribution < 1.29 is 14.3 Å². The fraction of sp³-hybridized carbons (Fsp3) is 0.269. The number of aromatic nitrogens is 3. The zero-order chi connectivity index (χ0) is 25.7. The van der Waals surface area contributed by atoms with Crippen molar-refractivity contribution >= 4 is 34.1 Å². The van der Waals surface area contributed by atoms with E-state index < -0.39 is 6.04 Å². The lowest BCUT2D eigenvalue weighted by Crippen LogP contribution is -2.40. The monoisotopic (exact) mass is 505 g/mol. The van der Waals surface area contributed by atoms with Crippen LogP contribution in [0.15, 0.2) is 59.4 Å². The zero-order valence-electron chi connectivity index (χ0n) is 20.3. The topological polar surface area (TPSA) is 117 Å². The number of aromatic amines is 1. The second-order valence-corrected chi connectivity index (χ2v) is 9.67. The highest BCUT2D eigenvalue weighted by molar-refractivity contribution is 7.08. The molecule has 0 saturated heterocycles. The zero-order valence-corrected chi connectivity index (χ0v) is 21.1. The van der Waals surface area contributed by atoms with Gasteiger partial charge in [-0.25, -0.2) is 5.10 Å². The van der Waals surface area contributed by atoms with Crippen LogP contribution < -0.4 is 14.9 Å². The highest BCUT2D eigenvalue weighted by Gasteiger charge is 2.21. The number of benzene rings is 2. The molecule has 10 heteroatoms. The Hall–Kier alpha value is -4.05. The number of hydrogen-bond acceptors (Lipinski definition) is 7. The van der Waals surface area contributed by atoms with Crippen molar-refractivity contribution in [2.45, 2.75) is 32.4 Å². The van der Waals surface area contributed by atoms with Gasteiger partial charge in [-0.3, -0.25) is 19.4 Å². The first-order valence-corrected chi connectivity index (χ1v) is 12.2. The SMILES string of the molecule is Cc1cc(COc2ccc(C(=O)NC(CC(=O)N(C)C)Cc3n[nH]c(=O)s3)cc2)c2ccccc2n1. The Bertz CT molecular complexity index is 1430. The summed E-state index contributed by atoms with van der Waals surface area (Å²) in [6.45, 7) is 2.33. The van der Waals surface area contributed by atoms with E-state index in [0.717, 1.165) is 33.5 Å². The van der Waals surface area contributed by atoms with Gasteiger partial charge in [0.05, 0.1) is 5.52 Å². The second-order valence-electron chi connectivity index (χ2n) is 8.63. The molecular formula is C26H27N5O4S. The van der Waals surface area contributed by atoms with Crippen LogP contribution >= 0.6 is 11.3 Å². The normalized spacial score (nSPS) is 11.8. The molecule has 2 N–H and O–H groups in total. The summed E-state index contributed by atoms with van der Waals surface area (Å²) in [6, 6.07) is 16.3. The number of aryl methyl sites for hydroxylation is 1. The minimum atomic E-state index is -0.509. The van der Waals surface area contributed by atoms with Gasteiger partial charge in [-0.2, -0.15) is 5.10 Å². The lowest BCUT2D eigenvalue weighted by molar-refractivity contribution is -0.129. The van der Waals surface area contributed by atoms with Gasteiger partial charge in [-0.05, 0) is 43.3 Å². The Balaban J connectivity index is 1.42. The van der Waals surface area contributed by atoms with E-state index in [2.05, 4.69) is 20.5 Å². The molecule has 0 bridgehead atoms. The molecule has 9 nitrogen and oxygen atoms in total. The van der Waals surface area contributed by atoms with Crippen LogP contribution in [0.4, 0.5) is 0 Å². The van der Waals surface area contributed by atoms with Gasteiger partial charge in [-0.1, -0.05) is 29.5 Å². The molecule has 0 saturated carbocycles. The van der Waals surface area contributed by atoms with Gasteiger partial charge < -0.3 is 15.0 Å². The molecule has 1 atom stereocenters. The molecule has 0 aliphatic carbocycles. The lowest BCUT2D eigenvalue weighted by atomic mass is 10.1. The number of nitrogens with one attached hydrogen (secondary N) is 2. The Morgan fingerprint density at radius 3 is 2.58 bits per heavy atom. The summed E-state index contributed by atoms with van der Waals surface area (Å²) in [4.78, 5) is 42.3. The molecule has 0 fully saturated rings. The third kappa shape index (κ3) is 6.33. The van der Waals surface area contributed by atoms with Crippen LogP contribution in [0.5, 0.6) is 5.75 Å². The Kier molecular flexibility index (Phi) is 7.74. The number of carbonyl (C=O) groups is 2. The van der Waals surface area contributed by atoms with Crippen LogP contribution in [0.25, 0.3) is 10.9 Å². The Morgan fingerprint density at radius 2 is 1.89 bits per heavy atom. The van der Waals surface area contributed by atoms with Gasteiger partial charge in [0.2, 0.25) is 5.91 Å². The van der Waals surface area contributed by atoms with Crippen molar-refractivity contribution in [1.82, 2.24) is 25.4 Å².